The van der Waals surface area contributed by atoms with E-state index in [-0.39, 0.29) is 18.3 Å². The van der Waals surface area contributed by atoms with Crippen LogP contribution in [0.25, 0.3) is 0 Å². The number of fused-ring (bicyclic) bond motifs is 2. The van der Waals surface area contributed by atoms with Gasteiger partial charge < -0.3 is 19.1 Å². The van der Waals surface area contributed by atoms with Crippen molar-refractivity contribution in [3.05, 3.63) is 42.6 Å². The SMILES string of the molecule is CC(=O)OC[C@@H]1O[C@]2(C)C(C(C)=O)[C@@H](C=CN2c2ccccc2)[C@@H]1OC(C)=O. The maximum atomic E-state index is 12.6. The lowest BCUT2D eigenvalue weighted by molar-refractivity contribution is -0.234. The molecule has 3 rings (SSSR count). The highest BCUT2D eigenvalue weighted by molar-refractivity contribution is 5.82. The number of ketones is 1. The smallest absolute Gasteiger partial charge is 0.303 e. The zero-order valence-electron chi connectivity index (χ0n) is 16.5. The molecule has 7 heteroatoms. The number of rotatable bonds is 5. The molecule has 1 saturated heterocycles. The summed E-state index contributed by atoms with van der Waals surface area (Å²) < 4.78 is 17.0. The normalized spacial score (nSPS) is 31.2. The van der Waals surface area contributed by atoms with E-state index in [0.29, 0.717) is 0 Å². The molecule has 0 spiro atoms. The maximum absolute atomic E-state index is 12.6. The Labute approximate surface area is 164 Å². The van der Waals surface area contributed by atoms with Crippen LogP contribution in [0.2, 0.25) is 0 Å². The minimum atomic E-state index is -1.02. The Morgan fingerprint density at radius 2 is 1.79 bits per heavy atom. The van der Waals surface area contributed by atoms with Gasteiger partial charge in [-0.1, -0.05) is 24.3 Å². The van der Waals surface area contributed by atoms with Crippen LogP contribution in [-0.4, -0.2) is 42.3 Å². The minimum Gasteiger partial charge on any atom is -0.463 e. The largest absolute Gasteiger partial charge is 0.463 e. The van der Waals surface area contributed by atoms with Crippen LogP contribution in [-0.2, 0) is 28.6 Å². The lowest BCUT2D eigenvalue weighted by atomic mass is 9.71. The molecule has 0 radical (unpaired) electrons. The third-order valence-corrected chi connectivity index (χ3v) is 5.26. The van der Waals surface area contributed by atoms with Crippen LogP contribution in [0.4, 0.5) is 5.69 Å². The number of carbonyl (C=O) groups excluding carboxylic acids is 3. The first kappa shape index (κ1) is 20.1. The number of anilines is 1. The Morgan fingerprint density at radius 1 is 1.11 bits per heavy atom. The molecule has 2 aliphatic rings. The summed E-state index contributed by atoms with van der Waals surface area (Å²) in [4.78, 5) is 37.6. The van der Waals surface area contributed by atoms with Crippen LogP contribution in [0.1, 0.15) is 27.7 Å². The van der Waals surface area contributed by atoms with Crippen LogP contribution in [0.15, 0.2) is 42.6 Å². The van der Waals surface area contributed by atoms with Gasteiger partial charge >= 0.3 is 11.9 Å². The van der Waals surface area contributed by atoms with E-state index >= 15 is 0 Å². The molecule has 0 aromatic heterocycles. The number of Topliss-reactive ketones (excluding diaryl/α,β-unsaturated/α-hetero) is 1. The van der Waals surface area contributed by atoms with Crippen LogP contribution >= 0.6 is 0 Å². The summed E-state index contributed by atoms with van der Waals surface area (Å²) in [7, 11) is 0. The maximum Gasteiger partial charge on any atom is 0.303 e. The second-order valence-corrected chi connectivity index (χ2v) is 7.30. The molecule has 0 saturated carbocycles. The fraction of sp³-hybridized carbons (Fsp3) is 0.476. The predicted octanol–water partition coefficient (Wildman–Crippen LogP) is 2.45. The topological polar surface area (TPSA) is 82.1 Å². The second-order valence-electron chi connectivity index (χ2n) is 7.30. The van der Waals surface area contributed by atoms with Gasteiger partial charge in [0.25, 0.3) is 0 Å². The van der Waals surface area contributed by atoms with E-state index in [9.17, 15) is 14.4 Å². The Bertz CT molecular complexity index is 791. The highest BCUT2D eigenvalue weighted by Crippen LogP contribution is 2.47. The number of nitrogens with zero attached hydrogens (tertiary/aromatic N) is 1. The highest BCUT2D eigenvalue weighted by Gasteiger charge is 2.59. The van der Waals surface area contributed by atoms with Gasteiger partial charge in [-0.2, -0.15) is 0 Å². The van der Waals surface area contributed by atoms with Crippen LogP contribution in [0.3, 0.4) is 0 Å². The van der Waals surface area contributed by atoms with Gasteiger partial charge in [0.05, 0.1) is 5.92 Å². The molecule has 1 unspecified atom stereocenters. The molecule has 0 amide bonds. The number of hydrogen-bond acceptors (Lipinski definition) is 7. The van der Waals surface area contributed by atoms with Crippen LogP contribution in [0, 0.1) is 11.8 Å². The predicted molar refractivity (Wildman–Crippen MR) is 101 cm³/mol. The van der Waals surface area contributed by atoms with Gasteiger partial charge in [0, 0.05) is 31.7 Å². The van der Waals surface area contributed by atoms with E-state index < -0.39 is 35.8 Å². The van der Waals surface area contributed by atoms with Gasteiger partial charge in [-0.25, -0.2) is 0 Å². The van der Waals surface area contributed by atoms with Gasteiger partial charge in [-0.3, -0.25) is 14.4 Å². The van der Waals surface area contributed by atoms with E-state index in [1.54, 1.807) is 0 Å². The van der Waals surface area contributed by atoms with Crippen LogP contribution in [0.5, 0.6) is 0 Å². The van der Waals surface area contributed by atoms with Crippen molar-refractivity contribution in [1.82, 2.24) is 0 Å². The summed E-state index contributed by atoms with van der Waals surface area (Å²) in [6.07, 6.45) is 2.30. The van der Waals surface area contributed by atoms with Crippen LogP contribution < -0.4 is 4.90 Å². The number of esters is 2. The second kappa shape index (κ2) is 7.75. The third kappa shape index (κ3) is 3.67. The molecule has 0 aliphatic carbocycles. The standard InChI is InChI=1S/C21H25NO6/c1-13(23)19-17-10-11-22(16-8-6-5-7-9-16)21(19,4)28-18(12-26-14(2)24)20(17)27-15(3)25/h5-11,17-20H,12H2,1-4H3/t17-,18+,19?,20+,21-/m1/s1. The van der Waals surface area contributed by atoms with E-state index in [0.717, 1.165) is 5.69 Å². The van der Waals surface area contributed by atoms with Gasteiger partial charge in [0.1, 0.15) is 24.6 Å². The monoisotopic (exact) mass is 387 g/mol. The fourth-order valence-corrected chi connectivity index (χ4v) is 4.26. The summed E-state index contributed by atoms with van der Waals surface area (Å²) in [6, 6.07) is 9.57. The summed E-state index contributed by atoms with van der Waals surface area (Å²) in [5, 5.41) is 0. The molecule has 2 bridgehead atoms. The molecule has 7 nitrogen and oxygen atoms in total. The Kier molecular flexibility index (Phi) is 5.56. The molecule has 28 heavy (non-hydrogen) atoms. The zero-order chi connectivity index (χ0) is 20.5. The highest BCUT2D eigenvalue weighted by atomic mass is 16.6. The quantitative estimate of drug-likeness (QED) is 0.718. The molecule has 2 aliphatic heterocycles. The van der Waals surface area contributed by atoms with Gasteiger partial charge in [0.2, 0.25) is 0 Å². The molecule has 1 aromatic rings. The average Bonchev–Trinajstić information content (AvgIpc) is 2.62. The summed E-state index contributed by atoms with van der Waals surface area (Å²) in [5.74, 6) is -1.95. The molecule has 1 fully saturated rings. The Hall–Kier alpha value is -2.67. The zero-order valence-corrected chi connectivity index (χ0v) is 16.5. The van der Waals surface area contributed by atoms with Crippen molar-refractivity contribution >= 4 is 23.4 Å². The molecular formula is C21H25NO6. The van der Waals surface area contributed by atoms with Gasteiger partial charge in [-0.15, -0.1) is 0 Å². The third-order valence-electron chi connectivity index (χ3n) is 5.26. The van der Waals surface area contributed by atoms with Crippen molar-refractivity contribution in [2.45, 2.75) is 45.6 Å². The Balaban J connectivity index is 2.05. The molecular weight excluding hydrogens is 362 g/mol. The van der Waals surface area contributed by atoms with Crippen molar-refractivity contribution in [1.29, 1.82) is 0 Å². The van der Waals surface area contributed by atoms with E-state index in [1.807, 2.05) is 54.4 Å². The average molecular weight is 387 g/mol. The lowest BCUT2D eigenvalue weighted by Gasteiger charge is -2.56. The fourth-order valence-electron chi connectivity index (χ4n) is 4.26. The van der Waals surface area contributed by atoms with Crippen molar-refractivity contribution in [2.75, 3.05) is 11.5 Å². The van der Waals surface area contributed by atoms with Crippen molar-refractivity contribution < 1.29 is 28.6 Å². The van der Waals surface area contributed by atoms with Gasteiger partial charge in [-0.05, 0) is 26.0 Å². The lowest BCUT2D eigenvalue weighted by Crippen LogP contribution is -2.68. The van der Waals surface area contributed by atoms with E-state index in [1.165, 1.54) is 20.8 Å². The number of para-hydroxylation sites is 1. The van der Waals surface area contributed by atoms with Gasteiger partial charge in [0.15, 0.2) is 5.72 Å². The molecule has 1 aromatic carbocycles. The molecule has 2 heterocycles. The Morgan fingerprint density at radius 3 is 2.36 bits per heavy atom. The van der Waals surface area contributed by atoms with Crippen molar-refractivity contribution in [3.8, 4) is 0 Å². The number of ether oxygens (including phenoxy) is 3. The summed E-state index contributed by atoms with van der Waals surface area (Å²) in [5.41, 5.74) is -0.156. The number of benzene rings is 1. The van der Waals surface area contributed by atoms with Crippen molar-refractivity contribution in [3.63, 3.8) is 0 Å². The summed E-state index contributed by atoms with van der Waals surface area (Å²) >= 11 is 0. The molecule has 0 N–H and O–H groups in total. The minimum absolute atomic E-state index is 0.0686. The first-order valence-electron chi connectivity index (χ1n) is 9.25. The number of carbonyl (C=O) groups is 3. The first-order chi connectivity index (χ1) is 13.2. The van der Waals surface area contributed by atoms with E-state index in [4.69, 9.17) is 14.2 Å². The van der Waals surface area contributed by atoms with Crippen molar-refractivity contribution in [2.24, 2.45) is 11.8 Å². The molecule has 150 valence electrons. The van der Waals surface area contributed by atoms with E-state index in [2.05, 4.69) is 0 Å². The molecule has 5 atom stereocenters. The summed E-state index contributed by atoms with van der Waals surface area (Å²) in [6.45, 7) is 5.90. The number of hydrogen-bond donors (Lipinski definition) is 0. The first-order valence-corrected chi connectivity index (χ1v) is 9.25.